The van der Waals surface area contributed by atoms with E-state index in [9.17, 15) is 5.21 Å². The lowest BCUT2D eigenvalue weighted by atomic mass is 9.82. The molecule has 3 heterocycles. The molecule has 0 aromatic rings. The molecular weight excluding hydrogens is 142 g/mol. The first-order valence-electron chi connectivity index (χ1n) is 4.29. The summed E-state index contributed by atoms with van der Waals surface area (Å²) in [6, 6.07) is 0. The second kappa shape index (κ2) is 1.78. The summed E-state index contributed by atoms with van der Waals surface area (Å²) in [6.07, 6.45) is 4.93. The van der Waals surface area contributed by atoms with Crippen LogP contribution in [-0.4, -0.2) is 29.7 Å². The Bertz CT molecular complexity index is 226. The van der Waals surface area contributed by atoms with Crippen LogP contribution in [0.5, 0.6) is 0 Å². The van der Waals surface area contributed by atoms with Gasteiger partial charge in [-0.3, -0.25) is 0 Å². The molecule has 4 atom stereocenters. The van der Waals surface area contributed by atoms with E-state index in [1.165, 1.54) is 6.42 Å². The molecule has 0 spiro atoms. The number of fused-ring (bicyclic) bond motifs is 5. The highest BCUT2D eigenvalue weighted by atomic mass is 16.5. The van der Waals surface area contributed by atoms with Crippen molar-refractivity contribution in [2.24, 2.45) is 11.8 Å². The summed E-state index contributed by atoms with van der Waals surface area (Å²) in [4.78, 5) is 0. The molecule has 0 aliphatic carbocycles. The summed E-state index contributed by atoms with van der Waals surface area (Å²) in [5.41, 5.74) is 0. The number of hydroxylamine groups is 1. The topological polar surface area (TPSA) is 35.3 Å². The molecule has 2 saturated heterocycles. The zero-order valence-electron chi connectivity index (χ0n) is 6.27. The van der Waals surface area contributed by atoms with E-state index in [1.54, 1.807) is 0 Å². The highest BCUT2D eigenvalue weighted by molar-refractivity contribution is 5.59. The number of ether oxygens (including phenoxy) is 1. The maximum Gasteiger partial charge on any atom is 0.159 e. The second-order valence-corrected chi connectivity index (χ2v) is 3.78. The molecule has 3 rings (SSSR count). The van der Waals surface area contributed by atoms with E-state index in [0.717, 1.165) is 11.2 Å². The SMILES string of the molecule is [O-][N+]1=C[C@H]2[C@@H](C1)[C@H]1CC[C@@H]2O1. The lowest BCUT2D eigenvalue weighted by Gasteiger charge is -2.14. The monoisotopic (exact) mass is 153 g/mol. The van der Waals surface area contributed by atoms with Gasteiger partial charge in [0.2, 0.25) is 0 Å². The van der Waals surface area contributed by atoms with Crippen LogP contribution in [0, 0.1) is 17.0 Å². The number of hydrogen-bond acceptors (Lipinski definition) is 2. The van der Waals surface area contributed by atoms with E-state index < -0.39 is 0 Å². The maximum absolute atomic E-state index is 11.0. The third kappa shape index (κ3) is 0.644. The quantitative estimate of drug-likeness (QED) is 0.372. The van der Waals surface area contributed by atoms with E-state index in [0.29, 0.717) is 30.6 Å². The van der Waals surface area contributed by atoms with Crippen molar-refractivity contribution in [2.75, 3.05) is 6.54 Å². The van der Waals surface area contributed by atoms with Crippen molar-refractivity contribution in [3.8, 4) is 0 Å². The zero-order chi connectivity index (χ0) is 7.42. The lowest BCUT2D eigenvalue weighted by molar-refractivity contribution is -0.451. The minimum atomic E-state index is 0.379. The molecule has 0 unspecified atom stereocenters. The van der Waals surface area contributed by atoms with Gasteiger partial charge in [0.1, 0.15) is 0 Å². The van der Waals surface area contributed by atoms with Crippen LogP contribution in [0.1, 0.15) is 12.8 Å². The molecule has 0 N–H and O–H groups in total. The van der Waals surface area contributed by atoms with Crippen molar-refractivity contribution in [2.45, 2.75) is 25.0 Å². The van der Waals surface area contributed by atoms with Crippen LogP contribution in [0.15, 0.2) is 0 Å². The fourth-order valence-corrected chi connectivity index (χ4v) is 2.72. The molecule has 3 heteroatoms. The third-order valence-electron chi connectivity index (χ3n) is 3.22. The molecule has 0 saturated carbocycles. The van der Waals surface area contributed by atoms with Crippen LogP contribution < -0.4 is 0 Å². The normalized spacial score (nSPS) is 52.9. The number of hydrogen-bond donors (Lipinski definition) is 0. The molecule has 3 nitrogen and oxygen atoms in total. The van der Waals surface area contributed by atoms with E-state index in [2.05, 4.69) is 0 Å². The first kappa shape index (κ1) is 6.00. The summed E-state index contributed by atoms with van der Waals surface area (Å²) >= 11 is 0. The van der Waals surface area contributed by atoms with Gasteiger partial charge in [-0.15, -0.1) is 0 Å². The van der Waals surface area contributed by atoms with Crippen molar-refractivity contribution in [1.29, 1.82) is 0 Å². The fraction of sp³-hybridized carbons (Fsp3) is 0.875. The van der Waals surface area contributed by atoms with E-state index in [4.69, 9.17) is 4.74 Å². The van der Waals surface area contributed by atoms with E-state index in [1.807, 2.05) is 6.21 Å². The van der Waals surface area contributed by atoms with Gasteiger partial charge in [-0.1, -0.05) is 0 Å². The third-order valence-corrected chi connectivity index (χ3v) is 3.22. The summed E-state index contributed by atoms with van der Waals surface area (Å²) in [7, 11) is 0. The van der Waals surface area contributed by atoms with Gasteiger partial charge in [0.25, 0.3) is 0 Å². The molecule has 2 fully saturated rings. The van der Waals surface area contributed by atoms with Crippen molar-refractivity contribution in [3.05, 3.63) is 5.21 Å². The predicted molar refractivity (Wildman–Crippen MR) is 39.4 cm³/mol. The van der Waals surface area contributed by atoms with Crippen molar-refractivity contribution >= 4 is 6.21 Å². The Balaban J connectivity index is 1.94. The van der Waals surface area contributed by atoms with Gasteiger partial charge >= 0.3 is 0 Å². The summed E-state index contributed by atoms with van der Waals surface area (Å²) < 4.78 is 6.78. The minimum Gasteiger partial charge on any atom is -0.624 e. The minimum absolute atomic E-state index is 0.379. The zero-order valence-corrected chi connectivity index (χ0v) is 6.27. The summed E-state index contributed by atoms with van der Waals surface area (Å²) in [5.74, 6) is 0.970. The van der Waals surface area contributed by atoms with Crippen LogP contribution in [-0.2, 0) is 4.74 Å². The number of rotatable bonds is 0. The van der Waals surface area contributed by atoms with Crippen LogP contribution in [0.25, 0.3) is 0 Å². The average Bonchev–Trinajstić information content (AvgIpc) is 2.53. The molecule has 2 bridgehead atoms. The first-order valence-corrected chi connectivity index (χ1v) is 4.29. The Labute approximate surface area is 65.2 Å². The predicted octanol–water partition coefficient (Wildman–Crippen LogP) is 0.375. The highest BCUT2D eigenvalue weighted by Gasteiger charge is 2.53. The summed E-state index contributed by atoms with van der Waals surface area (Å²) in [5, 5.41) is 11.0. The van der Waals surface area contributed by atoms with Gasteiger partial charge in [-0.25, -0.2) is 4.74 Å². The van der Waals surface area contributed by atoms with Gasteiger partial charge in [0, 0.05) is 0 Å². The molecule has 3 aliphatic heterocycles. The maximum atomic E-state index is 11.0. The Hall–Kier alpha value is -0.570. The molecule has 0 aromatic carbocycles. The van der Waals surface area contributed by atoms with Gasteiger partial charge in [-0.05, 0) is 12.8 Å². The van der Waals surface area contributed by atoms with Crippen LogP contribution in [0.3, 0.4) is 0 Å². The Kier molecular flexibility index (Phi) is 0.969. The highest BCUT2D eigenvalue weighted by Crippen LogP contribution is 2.44. The van der Waals surface area contributed by atoms with E-state index >= 15 is 0 Å². The van der Waals surface area contributed by atoms with E-state index in [-0.39, 0.29) is 0 Å². The molecule has 0 radical (unpaired) electrons. The molecule has 60 valence electrons. The molecule has 3 aliphatic rings. The Morgan fingerprint density at radius 1 is 1.36 bits per heavy atom. The first-order chi connectivity index (χ1) is 5.34. The summed E-state index contributed by atoms with van der Waals surface area (Å²) in [6.45, 7) is 0.672. The molecular formula is C8H11NO2. The second-order valence-electron chi connectivity index (χ2n) is 3.78. The smallest absolute Gasteiger partial charge is 0.159 e. The standard InChI is InChI=1S/C8H11NO2/c10-9-3-5-6(4-9)8-2-1-7(5)11-8/h3,5-8H,1-2,4H2/t5-,6+,7-,8+/m0/s1. The Morgan fingerprint density at radius 2 is 2.18 bits per heavy atom. The fourth-order valence-electron chi connectivity index (χ4n) is 2.72. The van der Waals surface area contributed by atoms with Crippen molar-refractivity contribution < 1.29 is 9.48 Å². The largest absolute Gasteiger partial charge is 0.624 e. The average molecular weight is 153 g/mol. The molecule has 0 aromatic heterocycles. The van der Waals surface area contributed by atoms with Gasteiger partial charge in [0.15, 0.2) is 12.8 Å². The van der Waals surface area contributed by atoms with Gasteiger partial charge in [0.05, 0.1) is 24.0 Å². The molecule has 11 heavy (non-hydrogen) atoms. The van der Waals surface area contributed by atoms with Crippen molar-refractivity contribution in [1.82, 2.24) is 0 Å². The lowest BCUT2D eigenvalue weighted by Crippen LogP contribution is -2.26. The van der Waals surface area contributed by atoms with Crippen LogP contribution in [0.4, 0.5) is 0 Å². The van der Waals surface area contributed by atoms with Crippen LogP contribution >= 0.6 is 0 Å². The molecule has 0 amide bonds. The van der Waals surface area contributed by atoms with Crippen molar-refractivity contribution in [3.63, 3.8) is 0 Å². The van der Waals surface area contributed by atoms with Crippen LogP contribution in [0.2, 0.25) is 0 Å². The van der Waals surface area contributed by atoms with Gasteiger partial charge in [-0.2, -0.15) is 0 Å². The number of nitrogens with zero attached hydrogens (tertiary/aromatic N) is 1. The Morgan fingerprint density at radius 3 is 3.00 bits per heavy atom. The van der Waals surface area contributed by atoms with Gasteiger partial charge < -0.3 is 9.94 Å².